The second-order valence-corrected chi connectivity index (χ2v) is 5.93. The largest absolute Gasteiger partial charge is 0.478 e. The van der Waals surface area contributed by atoms with E-state index in [1.807, 2.05) is 24.3 Å². The highest BCUT2D eigenvalue weighted by Gasteiger charge is 2.24. The fourth-order valence-electron chi connectivity index (χ4n) is 2.99. The molecular weight excluding hydrogens is 320 g/mol. The predicted molar refractivity (Wildman–Crippen MR) is 95.1 cm³/mol. The highest BCUT2D eigenvalue weighted by molar-refractivity contribution is 5.96. The molecular formula is C19H20N2O4. The summed E-state index contributed by atoms with van der Waals surface area (Å²) >= 11 is 0. The van der Waals surface area contributed by atoms with E-state index in [0.29, 0.717) is 13.1 Å². The topological polar surface area (TPSA) is 78.9 Å². The molecule has 1 aliphatic rings. The molecule has 2 aromatic carbocycles. The summed E-state index contributed by atoms with van der Waals surface area (Å²) in [4.78, 5) is 24.8. The minimum absolute atomic E-state index is 0.0348. The molecule has 130 valence electrons. The third-order valence-corrected chi connectivity index (χ3v) is 4.21. The van der Waals surface area contributed by atoms with Crippen molar-refractivity contribution in [2.75, 3.05) is 30.5 Å². The molecule has 1 amide bonds. The van der Waals surface area contributed by atoms with Gasteiger partial charge in [0, 0.05) is 31.6 Å². The van der Waals surface area contributed by atoms with Crippen LogP contribution in [0.25, 0.3) is 0 Å². The Hall–Kier alpha value is -2.86. The van der Waals surface area contributed by atoms with Crippen LogP contribution in [0.15, 0.2) is 42.5 Å². The first-order valence-electron chi connectivity index (χ1n) is 8.07. The van der Waals surface area contributed by atoms with Crippen LogP contribution in [0.4, 0.5) is 11.4 Å². The molecule has 0 radical (unpaired) electrons. The number of hydrogen-bond acceptors (Lipinski definition) is 4. The summed E-state index contributed by atoms with van der Waals surface area (Å²) in [7, 11) is 1.52. The van der Waals surface area contributed by atoms with E-state index >= 15 is 0 Å². The van der Waals surface area contributed by atoms with E-state index < -0.39 is 5.97 Å². The molecule has 6 heteroatoms. The van der Waals surface area contributed by atoms with E-state index in [2.05, 4.69) is 5.32 Å². The van der Waals surface area contributed by atoms with Crippen molar-refractivity contribution in [1.82, 2.24) is 0 Å². The molecule has 3 rings (SSSR count). The maximum atomic E-state index is 12.0. The number of carboxylic acids is 1. The zero-order chi connectivity index (χ0) is 17.8. The molecule has 0 saturated carbocycles. The van der Waals surface area contributed by atoms with Gasteiger partial charge in [0.1, 0.15) is 6.61 Å². The smallest absolute Gasteiger partial charge is 0.335 e. The average Bonchev–Trinajstić information content (AvgIpc) is 3.03. The van der Waals surface area contributed by atoms with E-state index in [1.165, 1.54) is 7.11 Å². The Morgan fingerprint density at radius 2 is 2.08 bits per heavy atom. The Bertz CT molecular complexity index is 804. The number of anilines is 2. The number of methoxy groups -OCH3 is 1. The number of carboxylic acid groups (broad SMARTS) is 1. The molecule has 25 heavy (non-hydrogen) atoms. The standard InChI is InChI=1S/C19H20N2O4/c1-25-12-18(22)21-8-7-14-10-16(5-6-17(14)21)20-11-13-3-2-4-15(9-13)19(23)24/h2-6,9-10,20H,7-8,11-12H2,1H3,(H,23,24). The lowest BCUT2D eigenvalue weighted by Gasteiger charge is -2.17. The van der Waals surface area contributed by atoms with Gasteiger partial charge >= 0.3 is 5.97 Å². The molecule has 6 nitrogen and oxygen atoms in total. The summed E-state index contributed by atoms with van der Waals surface area (Å²) in [6.07, 6.45) is 0.814. The maximum absolute atomic E-state index is 12.0. The second-order valence-electron chi connectivity index (χ2n) is 5.93. The molecule has 1 heterocycles. The minimum Gasteiger partial charge on any atom is -0.478 e. The number of hydrogen-bond donors (Lipinski definition) is 2. The van der Waals surface area contributed by atoms with Gasteiger partial charge in [0.15, 0.2) is 0 Å². The average molecular weight is 340 g/mol. The lowest BCUT2D eigenvalue weighted by atomic mass is 10.1. The van der Waals surface area contributed by atoms with Crippen LogP contribution >= 0.6 is 0 Å². The summed E-state index contributed by atoms with van der Waals surface area (Å²) < 4.78 is 4.92. The van der Waals surface area contributed by atoms with Crippen molar-refractivity contribution in [3.63, 3.8) is 0 Å². The maximum Gasteiger partial charge on any atom is 0.335 e. The Morgan fingerprint density at radius 3 is 2.84 bits per heavy atom. The molecule has 0 saturated heterocycles. The van der Waals surface area contributed by atoms with Gasteiger partial charge in [-0.05, 0) is 47.9 Å². The van der Waals surface area contributed by atoms with E-state index in [9.17, 15) is 9.59 Å². The van der Waals surface area contributed by atoms with Gasteiger partial charge in [0.25, 0.3) is 5.91 Å². The van der Waals surface area contributed by atoms with Gasteiger partial charge in [-0.2, -0.15) is 0 Å². The van der Waals surface area contributed by atoms with Crippen molar-refractivity contribution in [3.05, 3.63) is 59.2 Å². The molecule has 2 N–H and O–H groups in total. The molecule has 0 bridgehead atoms. The van der Waals surface area contributed by atoms with Gasteiger partial charge in [-0.3, -0.25) is 4.79 Å². The van der Waals surface area contributed by atoms with Crippen molar-refractivity contribution in [1.29, 1.82) is 0 Å². The Labute approximate surface area is 146 Å². The van der Waals surface area contributed by atoms with Gasteiger partial charge in [-0.25, -0.2) is 4.79 Å². The molecule has 2 aromatic rings. The van der Waals surface area contributed by atoms with E-state index in [-0.39, 0.29) is 18.1 Å². The van der Waals surface area contributed by atoms with E-state index in [1.54, 1.807) is 23.1 Å². The number of nitrogens with zero attached hydrogens (tertiary/aromatic N) is 1. The fourth-order valence-corrected chi connectivity index (χ4v) is 2.99. The van der Waals surface area contributed by atoms with Gasteiger partial charge in [0.2, 0.25) is 0 Å². The first-order chi connectivity index (χ1) is 12.1. The predicted octanol–water partition coefficient (Wildman–Crippen LogP) is 2.53. The molecule has 1 aliphatic heterocycles. The number of fused-ring (bicyclic) bond motifs is 1. The Morgan fingerprint density at radius 1 is 1.24 bits per heavy atom. The molecule has 0 spiro atoms. The molecule has 0 fully saturated rings. The van der Waals surface area contributed by atoms with E-state index in [4.69, 9.17) is 9.84 Å². The van der Waals surface area contributed by atoms with Crippen LogP contribution < -0.4 is 10.2 Å². The zero-order valence-electron chi connectivity index (χ0n) is 14.0. The number of benzene rings is 2. The summed E-state index contributed by atoms with van der Waals surface area (Å²) in [5, 5.41) is 12.4. The monoisotopic (exact) mass is 340 g/mol. The highest BCUT2D eigenvalue weighted by Crippen LogP contribution is 2.30. The lowest BCUT2D eigenvalue weighted by molar-refractivity contribution is -0.122. The normalized spacial score (nSPS) is 12.8. The highest BCUT2D eigenvalue weighted by atomic mass is 16.5. The van der Waals surface area contributed by atoms with Crippen LogP contribution in [0.5, 0.6) is 0 Å². The van der Waals surface area contributed by atoms with Crippen LogP contribution in [0.2, 0.25) is 0 Å². The number of amides is 1. The third-order valence-electron chi connectivity index (χ3n) is 4.21. The van der Waals surface area contributed by atoms with Gasteiger partial charge in [-0.1, -0.05) is 12.1 Å². The quantitative estimate of drug-likeness (QED) is 0.845. The van der Waals surface area contributed by atoms with Crippen molar-refractivity contribution in [2.45, 2.75) is 13.0 Å². The van der Waals surface area contributed by atoms with Crippen LogP contribution in [0.3, 0.4) is 0 Å². The Balaban J connectivity index is 1.68. The van der Waals surface area contributed by atoms with Crippen LogP contribution in [-0.4, -0.2) is 37.2 Å². The van der Waals surface area contributed by atoms with E-state index in [0.717, 1.165) is 28.9 Å². The summed E-state index contributed by atoms with van der Waals surface area (Å²) in [6, 6.07) is 12.8. The number of ether oxygens (including phenoxy) is 1. The number of carbonyl (C=O) groups is 2. The number of rotatable bonds is 6. The van der Waals surface area contributed by atoms with Crippen molar-refractivity contribution in [2.24, 2.45) is 0 Å². The first-order valence-corrected chi connectivity index (χ1v) is 8.07. The van der Waals surface area contributed by atoms with Crippen molar-refractivity contribution in [3.8, 4) is 0 Å². The molecule has 0 aliphatic carbocycles. The number of carbonyl (C=O) groups excluding carboxylic acids is 1. The van der Waals surface area contributed by atoms with Gasteiger partial charge in [0.05, 0.1) is 5.56 Å². The molecule has 0 unspecified atom stereocenters. The zero-order valence-corrected chi connectivity index (χ0v) is 14.0. The Kier molecular flexibility index (Phi) is 5.00. The SMILES string of the molecule is COCC(=O)N1CCc2cc(NCc3cccc(C(=O)O)c3)ccc21. The third kappa shape index (κ3) is 3.80. The molecule has 0 atom stereocenters. The number of nitrogens with one attached hydrogen (secondary N) is 1. The lowest BCUT2D eigenvalue weighted by Crippen LogP contribution is -2.31. The van der Waals surface area contributed by atoms with Crippen molar-refractivity contribution >= 4 is 23.3 Å². The summed E-state index contributed by atoms with van der Waals surface area (Å²) in [5.74, 6) is -0.965. The molecule has 0 aromatic heterocycles. The van der Waals surface area contributed by atoms with Gasteiger partial charge in [-0.15, -0.1) is 0 Å². The van der Waals surface area contributed by atoms with Crippen LogP contribution in [0, 0.1) is 0 Å². The minimum atomic E-state index is -0.930. The fraction of sp³-hybridized carbons (Fsp3) is 0.263. The van der Waals surface area contributed by atoms with Crippen LogP contribution in [0.1, 0.15) is 21.5 Å². The second kappa shape index (κ2) is 7.36. The summed E-state index contributed by atoms with van der Waals surface area (Å²) in [6.45, 7) is 1.28. The van der Waals surface area contributed by atoms with Gasteiger partial charge < -0.3 is 20.1 Å². The summed E-state index contributed by atoms with van der Waals surface area (Å²) in [5.41, 5.74) is 4.17. The van der Waals surface area contributed by atoms with Crippen molar-refractivity contribution < 1.29 is 19.4 Å². The van der Waals surface area contributed by atoms with Crippen LogP contribution in [-0.2, 0) is 22.5 Å². The first kappa shape index (κ1) is 17.0. The number of aromatic carboxylic acids is 1.